The van der Waals surface area contributed by atoms with E-state index in [1.54, 1.807) is 24.3 Å². The third kappa shape index (κ3) is 2.91. The highest BCUT2D eigenvalue weighted by atomic mass is 32.1. The van der Waals surface area contributed by atoms with Crippen molar-refractivity contribution in [1.29, 1.82) is 5.26 Å². The largest absolute Gasteiger partial charge is 0.496 e. The van der Waals surface area contributed by atoms with Gasteiger partial charge >= 0.3 is 0 Å². The molecule has 0 aliphatic carbocycles. The monoisotopic (exact) mass is 300 g/mol. The minimum absolute atomic E-state index is 0.271. The van der Waals surface area contributed by atoms with E-state index in [2.05, 4.69) is 11.4 Å². The summed E-state index contributed by atoms with van der Waals surface area (Å²) in [5, 5.41) is 12.7. The molecule has 0 saturated carbocycles. The van der Waals surface area contributed by atoms with Gasteiger partial charge in [0.25, 0.3) is 5.91 Å². The summed E-state index contributed by atoms with van der Waals surface area (Å²) in [6.07, 6.45) is 0.774. The summed E-state index contributed by atoms with van der Waals surface area (Å²) in [5.41, 5.74) is 2.01. The van der Waals surface area contributed by atoms with Gasteiger partial charge < -0.3 is 10.1 Å². The van der Waals surface area contributed by atoms with Crippen molar-refractivity contribution in [1.82, 2.24) is 0 Å². The summed E-state index contributed by atoms with van der Waals surface area (Å²) in [6, 6.07) is 9.20. The topological polar surface area (TPSA) is 62.1 Å². The maximum Gasteiger partial charge on any atom is 0.260 e. The van der Waals surface area contributed by atoms with Crippen LogP contribution < -0.4 is 10.1 Å². The van der Waals surface area contributed by atoms with Crippen molar-refractivity contribution < 1.29 is 9.53 Å². The van der Waals surface area contributed by atoms with Crippen LogP contribution in [0.4, 0.5) is 5.00 Å². The number of nitrogens with one attached hydrogen (secondary N) is 1. The summed E-state index contributed by atoms with van der Waals surface area (Å²) in [6.45, 7) is 3.96. The molecule has 0 radical (unpaired) electrons. The van der Waals surface area contributed by atoms with Crippen molar-refractivity contribution in [2.24, 2.45) is 0 Å². The minimum Gasteiger partial charge on any atom is -0.496 e. The lowest BCUT2D eigenvalue weighted by Gasteiger charge is -2.08. The van der Waals surface area contributed by atoms with Crippen LogP contribution in [0.5, 0.6) is 5.75 Å². The fourth-order valence-electron chi connectivity index (χ4n) is 2.21. The molecule has 1 heterocycles. The van der Waals surface area contributed by atoms with Gasteiger partial charge in [0.2, 0.25) is 0 Å². The molecule has 0 fully saturated rings. The summed E-state index contributed by atoms with van der Waals surface area (Å²) >= 11 is 1.43. The Balaban J connectivity index is 2.35. The number of ether oxygens (including phenoxy) is 1. The van der Waals surface area contributed by atoms with Gasteiger partial charge in [-0.2, -0.15) is 5.26 Å². The van der Waals surface area contributed by atoms with Gasteiger partial charge in [0.15, 0.2) is 0 Å². The Morgan fingerprint density at radius 3 is 2.76 bits per heavy atom. The molecule has 2 rings (SSSR count). The molecule has 1 amide bonds. The maximum atomic E-state index is 12.4. The number of anilines is 1. The number of nitrogens with zero attached hydrogens (tertiary/aromatic N) is 1. The molecule has 0 saturated heterocycles. The molecule has 21 heavy (non-hydrogen) atoms. The second-order valence-electron chi connectivity index (χ2n) is 4.46. The molecule has 0 aliphatic rings. The molecule has 0 spiro atoms. The zero-order valence-electron chi connectivity index (χ0n) is 12.2. The fourth-order valence-corrected chi connectivity index (χ4v) is 3.30. The SMILES string of the molecule is CCc1c(C)sc(NC(=O)c2ccccc2OC)c1C#N. The second-order valence-corrected chi connectivity index (χ2v) is 5.69. The third-order valence-electron chi connectivity index (χ3n) is 3.25. The molecule has 1 aromatic carbocycles. The minimum atomic E-state index is -0.271. The highest BCUT2D eigenvalue weighted by Crippen LogP contribution is 2.33. The smallest absolute Gasteiger partial charge is 0.260 e. The number of nitriles is 1. The van der Waals surface area contributed by atoms with E-state index in [4.69, 9.17) is 4.74 Å². The average molecular weight is 300 g/mol. The average Bonchev–Trinajstić information content (AvgIpc) is 2.81. The molecule has 0 unspecified atom stereocenters. The van der Waals surface area contributed by atoms with Crippen LogP contribution in [0.15, 0.2) is 24.3 Å². The van der Waals surface area contributed by atoms with Crippen LogP contribution in [-0.2, 0) is 6.42 Å². The molecule has 1 N–H and O–H groups in total. The fraction of sp³-hybridized carbons (Fsp3) is 0.250. The van der Waals surface area contributed by atoms with Gasteiger partial charge in [-0.3, -0.25) is 4.79 Å². The number of hydrogen-bond acceptors (Lipinski definition) is 4. The van der Waals surface area contributed by atoms with E-state index in [0.717, 1.165) is 16.9 Å². The Kier molecular flexibility index (Phi) is 4.61. The predicted octanol–water partition coefficient (Wildman–Crippen LogP) is 3.75. The maximum absolute atomic E-state index is 12.4. The Bertz CT molecular complexity index is 714. The van der Waals surface area contributed by atoms with E-state index in [1.165, 1.54) is 18.4 Å². The van der Waals surface area contributed by atoms with Crippen molar-refractivity contribution in [3.63, 3.8) is 0 Å². The van der Waals surface area contributed by atoms with Crippen LogP contribution in [0.1, 0.15) is 33.3 Å². The summed E-state index contributed by atoms with van der Waals surface area (Å²) in [4.78, 5) is 13.4. The molecular formula is C16H16N2O2S. The molecule has 1 aromatic heterocycles. The standard InChI is InChI=1S/C16H16N2O2S/c1-4-11-10(2)21-16(13(11)9-17)18-15(19)12-7-5-6-8-14(12)20-3/h5-8H,4H2,1-3H3,(H,18,19). The molecule has 4 nitrogen and oxygen atoms in total. The van der Waals surface area contributed by atoms with E-state index in [1.807, 2.05) is 13.8 Å². The number of aryl methyl sites for hydroxylation is 1. The molecule has 0 aliphatic heterocycles. The van der Waals surface area contributed by atoms with Crippen LogP contribution in [0.2, 0.25) is 0 Å². The van der Waals surface area contributed by atoms with E-state index in [0.29, 0.717) is 21.9 Å². The first kappa shape index (κ1) is 15.1. The first-order chi connectivity index (χ1) is 10.1. The van der Waals surface area contributed by atoms with Crippen LogP contribution in [0.25, 0.3) is 0 Å². The van der Waals surface area contributed by atoms with E-state index >= 15 is 0 Å². The molecule has 0 bridgehead atoms. The highest BCUT2D eigenvalue weighted by Gasteiger charge is 2.18. The van der Waals surface area contributed by atoms with E-state index < -0.39 is 0 Å². The number of methoxy groups -OCH3 is 1. The van der Waals surface area contributed by atoms with Gasteiger partial charge in [0.05, 0.1) is 18.2 Å². The zero-order valence-corrected chi connectivity index (χ0v) is 13.0. The van der Waals surface area contributed by atoms with Crippen molar-refractivity contribution >= 4 is 22.2 Å². The lowest BCUT2D eigenvalue weighted by atomic mass is 10.1. The van der Waals surface area contributed by atoms with Crippen LogP contribution >= 0.6 is 11.3 Å². The number of para-hydroxylation sites is 1. The number of thiophene rings is 1. The number of carbonyl (C=O) groups excluding carboxylic acids is 1. The van der Waals surface area contributed by atoms with E-state index in [-0.39, 0.29) is 5.91 Å². The lowest BCUT2D eigenvalue weighted by molar-refractivity contribution is 0.102. The van der Waals surface area contributed by atoms with Gasteiger partial charge in [-0.25, -0.2) is 0 Å². The first-order valence-corrected chi connectivity index (χ1v) is 7.40. The van der Waals surface area contributed by atoms with Crippen molar-refractivity contribution in [2.45, 2.75) is 20.3 Å². The van der Waals surface area contributed by atoms with Crippen molar-refractivity contribution in [2.75, 3.05) is 12.4 Å². The van der Waals surface area contributed by atoms with Crippen molar-refractivity contribution in [3.8, 4) is 11.8 Å². The number of amides is 1. The quantitative estimate of drug-likeness (QED) is 0.935. The third-order valence-corrected chi connectivity index (χ3v) is 4.32. The van der Waals surface area contributed by atoms with Crippen molar-refractivity contribution in [3.05, 3.63) is 45.8 Å². The van der Waals surface area contributed by atoms with Crippen LogP contribution in [0.3, 0.4) is 0 Å². The molecule has 0 atom stereocenters. The van der Waals surface area contributed by atoms with E-state index in [9.17, 15) is 10.1 Å². The summed E-state index contributed by atoms with van der Waals surface area (Å²) in [5.74, 6) is 0.241. The van der Waals surface area contributed by atoms with Gasteiger partial charge in [-0.1, -0.05) is 19.1 Å². The van der Waals surface area contributed by atoms with Gasteiger partial charge in [0.1, 0.15) is 16.8 Å². The predicted molar refractivity (Wildman–Crippen MR) is 84.1 cm³/mol. The van der Waals surface area contributed by atoms with Gasteiger partial charge in [-0.15, -0.1) is 11.3 Å². The van der Waals surface area contributed by atoms with Gasteiger partial charge in [-0.05, 0) is 31.0 Å². The molecule has 5 heteroatoms. The normalized spacial score (nSPS) is 10.0. The number of carbonyl (C=O) groups is 1. The van der Waals surface area contributed by atoms with Crippen LogP contribution in [-0.4, -0.2) is 13.0 Å². The Hall–Kier alpha value is -2.32. The molecule has 108 valence electrons. The summed E-state index contributed by atoms with van der Waals surface area (Å²) < 4.78 is 5.19. The second kappa shape index (κ2) is 6.42. The number of hydrogen-bond donors (Lipinski definition) is 1. The first-order valence-electron chi connectivity index (χ1n) is 6.59. The highest BCUT2D eigenvalue weighted by molar-refractivity contribution is 7.16. The molecule has 2 aromatic rings. The summed E-state index contributed by atoms with van der Waals surface area (Å²) in [7, 11) is 1.53. The lowest BCUT2D eigenvalue weighted by Crippen LogP contribution is -2.13. The zero-order chi connectivity index (χ0) is 15.4. The Labute approximate surface area is 128 Å². The van der Waals surface area contributed by atoms with Gasteiger partial charge in [0, 0.05) is 4.88 Å². The Morgan fingerprint density at radius 2 is 2.14 bits per heavy atom. The van der Waals surface area contributed by atoms with Crippen LogP contribution in [0, 0.1) is 18.3 Å². The number of benzene rings is 1. The number of rotatable bonds is 4. The molecular weight excluding hydrogens is 284 g/mol. The Morgan fingerprint density at radius 1 is 1.43 bits per heavy atom.